The summed E-state index contributed by atoms with van der Waals surface area (Å²) in [4.78, 5) is 7.57. The zero-order valence-electron chi connectivity index (χ0n) is 9.44. The highest BCUT2D eigenvalue weighted by atomic mass is 79.9. The predicted octanol–water partition coefficient (Wildman–Crippen LogP) is 3.38. The number of anilines is 2. The van der Waals surface area contributed by atoms with Crippen LogP contribution in [0, 0.1) is 11.3 Å². The summed E-state index contributed by atoms with van der Waals surface area (Å²) in [6, 6.07) is 7.01. The zero-order chi connectivity index (χ0) is 14.4. The van der Waals surface area contributed by atoms with Gasteiger partial charge in [0.25, 0.3) is 0 Å². The van der Waals surface area contributed by atoms with E-state index in [-0.39, 0.29) is 5.69 Å². The van der Waals surface area contributed by atoms with Crippen LogP contribution >= 0.6 is 43.5 Å². The van der Waals surface area contributed by atoms with Gasteiger partial charge in [-0.25, -0.2) is 9.97 Å². The number of nitrogens with zero attached hydrogens (tertiary/aromatic N) is 3. The third kappa shape index (κ3) is 4.67. The normalized spacial score (nSPS) is 9.16. The van der Waals surface area contributed by atoms with Crippen molar-refractivity contribution in [3.05, 3.63) is 44.3 Å². The van der Waals surface area contributed by atoms with Crippen LogP contribution < -0.4 is 11.5 Å². The minimum absolute atomic E-state index is 0.228. The molecular formula is C11H8Br2ClN5. The van der Waals surface area contributed by atoms with Gasteiger partial charge >= 0.3 is 0 Å². The van der Waals surface area contributed by atoms with Crippen LogP contribution in [0.3, 0.4) is 0 Å². The van der Waals surface area contributed by atoms with Crippen molar-refractivity contribution >= 4 is 54.8 Å². The maximum Gasteiger partial charge on any atom is 0.165 e. The number of hydrogen-bond donors (Lipinski definition) is 2. The molecule has 2 aromatic rings. The fourth-order valence-corrected chi connectivity index (χ4v) is 2.22. The molecule has 0 spiro atoms. The largest absolute Gasteiger partial charge is 0.396 e. The number of hydrogen-bond acceptors (Lipinski definition) is 5. The molecule has 0 aliphatic heterocycles. The van der Waals surface area contributed by atoms with E-state index in [1.54, 1.807) is 24.4 Å². The molecule has 8 heteroatoms. The molecule has 2 aromatic heterocycles. The molecule has 0 fully saturated rings. The number of nitrogens with two attached hydrogens (primary N) is 2. The topological polar surface area (TPSA) is 102 Å². The summed E-state index contributed by atoms with van der Waals surface area (Å²) in [5, 5.41) is 8.90. The second-order valence-electron chi connectivity index (χ2n) is 3.18. The molecule has 5 nitrogen and oxygen atoms in total. The van der Waals surface area contributed by atoms with Crippen molar-refractivity contribution < 1.29 is 0 Å². The highest BCUT2D eigenvalue weighted by Crippen LogP contribution is 2.24. The lowest BCUT2D eigenvalue weighted by Gasteiger charge is -1.99. The van der Waals surface area contributed by atoms with Crippen molar-refractivity contribution in [2.45, 2.75) is 0 Å². The van der Waals surface area contributed by atoms with E-state index in [1.807, 2.05) is 6.07 Å². The Hall–Kier alpha value is -1.36. The average Bonchev–Trinajstić information content (AvgIpc) is 2.38. The van der Waals surface area contributed by atoms with E-state index in [2.05, 4.69) is 41.8 Å². The molecule has 98 valence electrons. The SMILES string of the molecule is N#Cc1nc(Br)cc(Br)c1N.Nc1cccnc1Cl. The van der Waals surface area contributed by atoms with Gasteiger partial charge < -0.3 is 11.5 Å². The van der Waals surface area contributed by atoms with Crippen LogP contribution in [0.2, 0.25) is 5.15 Å². The molecule has 0 saturated heterocycles. The molecule has 0 amide bonds. The van der Waals surface area contributed by atoms with Crippen molar-refractivity contribution in [2.75, 3.05) is 11.5 Å². The first kappa shape index (κ1) is 15.7. The Kier molecular flexibility index (Phi) is 6.02. The molecule has 2 rings (SSSR count). The van der Waals surface area contributed by atoms with E-state index in [0.29, 0.717) is 25.6 Å². The van der Waals surface area contributed by atoms with E-state index in [1.165, 1.54) is 0 Å². The van der Waals surface area contributed by atoms with Gasteiger partial charge in [-0.3, -0.25) is 0 Å². The van der Waals surface area contributed by atoms with E-state index in [4.69, 9.17) is 28.3 Å². The van der Waals surface area contributed by atoms with E-state index >= 15 is 0 Å². The Balaban J connectivity index is 0.000000200. The van der Waals surface area contributed by atoms with Gasteiger partial charge in [0.2, 0.25) is 0 Å². The maximum absolute atomic E-state index is 8.53. The first-order chi connectivity index (χ1) is 8.95. The van der Waals surface area contributed by atoms with Gasteiger partial charge in [0.15, 0.2) is 10.8 Å². The molecule has 0 aliphatic rings. The Labute approximate surface area is 131 Å². The lowest BCUT2D eigenvalue weighted by molar-refractivity contribution is 1.22. The van der Waals surface area contributed by atoms with Gasteiger partial charge in [0.05, 0.1) is 11.4 Å². The Morgan fingerprint density at radius 1 is 1.32 bits per heavy atom. The van der Waals surface area contributed by atoms with Crippen LogP contribution in [0.25, 0.3) is 0 Å². The molecular weight excluding hydrogens is 397 g/mol. The number of nitrogen functional groups attached to an aromatic ring is 2. The second kappa shape index (κ2) is 7.28. The minimum Gasteiger partial charge on any atom is -0.396 e. The van der Waals surface area contributed by atoms with Crippen LogP contribution in [-0.2, 0) is 0 Å². The molecule has 4 N–H and O–H groups in total. The number of rotatable bonds is 0. The summed E-state index contributed by atoms with van der Waals surface area (Å²) in [5.41, 5.74) is 12.0. The van der Waals surface area contributed by atoms with Crippen molar-refractivity contribution in [3.63, 3.8) is 0 Å². The summed E-state index contributed by atoms with van der Waals surface area (Å²) in [6.07, 6.45) is 1.60. The van der Waals surface area contributed by atoms with Crippen LogP contribution in [0.4, 0.5) is 11.4 Å². The predicted molar refractivity (Wildman–Crippen MR) is 82.4 cm³/mol. The van der Waals surface area contributed by atoms with E-state index in [0.717, 1.165) is 0 Å². The Morgan fingerprint density at radius 2 is 2.00 bits per heavy atom. The van der Waals surface area contributed by atoms with Gasteiger partial charge in [0.1, 0.15) is 10.7 Å². The summed E-state index contributed by atoms with van der Waals surface area (Å²) in [7, 11) is 0. The third-order valence-corrected chi connectivity index (χ3v) is 3.25. The van der Waals surface area contributed by atoms with Crippen molar-refractivity contribution in [2.24, 2.45) is 0 Å². The molecule has 0 bridgehead atoms. The second-order valence-corrected chi connectivity index (χ2v) is 5.21. The van der Waals surface area contributed by atoms with Gasteiger partial charge in [0, 0.05) is 10.7 Å². The van der Waals surface area contributed by atoms with E-state index < -0.39 is 0 Å². The highest BCUT2D eigenvalue weighted by Gasteiger charge is 2.04. The molecule has 0 atom stereocenters. The molecule has 0 radical (unpaired) electrons. The minimum atomic E-state index is 0.228. The summed E-state index contributed by atoms with van der Waals surface area (Å²) >= 11 is 11.8. The standard InChI is InChI=1S/C6H3Br2N3.C5H5ClN2/c7-3-1-5(8)11-4(2-9)6(3)10;6-5-4(7)2-1-3-8-5/h1H,10H2;1-3H,7H2. The summed E-state index contributed by atoms with van der Waals surface area (Å²) < 4.78 is 1.27. The number of pyridine rings is 2. The molecule has 2 heterocycles. The molecule has 19 heavy (non-hydrogen) atoms. The average molecular weight is 405 g/mol. The first-order valence-electron chi connectivity index (χ1n) is 4.83. The molecule has 0 saturated carbocycles. The Bertz CT molecular complexity index is 606. The van der Waals surface area contributed by atoms with Crippen molar-refractivity contribution in [3.8, 4) is 6.07 Å². The quantitative estimate of drug-likeness (QED) is 0.654. The van der Waals surface area contributed by atoms with Gasteiger partial charge in [-0.1, -0.05) is 11.6 Å². The van der Waals surface area contributed by atoms with Gasteiger partial charge in [-0.2, -0.15) is 5.26 Å². The van der Waals surface area contributed by atoms with Crippen LogP contribution in [-0.4, -0.2) is 9.97 Å². The number of nitriles is 1. The zero-order valence-corrected chi connectivity index (χ0v) is 13.4. The maximum atomic E-state index is 8.53. The van der Waals surface area contributed by atoms with Gasteiger partial charge in [-0.15, -0.1) is 0 Å². The van der Waals surface area contributed by atoms with Crippen LogP contribution in [0.1, 0.15) is 5.69 Å². The molecule has 0 aromatic carbocycles. The van der Waals surface area contributed by atoms with Crippen LogP contribution in [0.5, 0.6) is 0 Å². The monoisotopic (exact) mass is 403 g/mol. The van der Waals surface area contributed by atoms with Crippen molar-refractivity contribution in [1.29, 1.82) is 5.26 Å². The van der Waals surface area contributed by atoms with Crippen LogP contribution in [0.15, 0.2) is 33.5 Å². The summed E-state index contributed by atoms with van der Waals surface area (Å²) in [5.74, 6) is 0. The van der Waals surface area contributed by atoms with Crippen molar-refractivity contribution in [1.82, 2.24) is 9.97 Å². The smallest absolute Gasteiger partial charge is 0.165 e. The Morgan fingerprint density at radius 3 is 2.47 bits per heavy atom. The summed E-state index contributed by atoms with van der Waals surface area (Å²) in [6.45, 7) is 0. The third-order valence-electron chi connectivity index (χ3n) is 1.87. The van der Waals surface area contributed by atoms with E-state index in [9.17, 15) is 0 Å². The highest BCUT2D eigenvalue weighted by molar-refractivity contribution is 9.11. The molecule has 0 unspecified atom stereocenters. The first-order valence-corrected chi connectivity index (χ1v) is 6.79. The lowest BCUT2D eigenvalue weighted by Crippen LogP contribution is -1.95. The van der Waals surface area contributed by atoms with Gasteiger partial charge in [-0.05, 0) is 50.1 Å². The number of aromatic nitrogens is 2. The molecule has 0 aliphatic carbocycles. The fraction of sp³-hybridized carbons (Fsp3) is 0. The number of halogens is 3. The lowest BCUT2D eigenvalue weighted by atomic mass is 10.3. The fourth-order valence-electron chi connectivity index (χ4n) is 0.978.